The maximum Gasteiger partial charge on any atom is 0.0640 e. The van der Waals surface area contributed by atoms with Gasteiger partial charge in [-0.3, -0.25) is 0 Å². The summed E-state index contributed by atoms with van der Waals surface area (Å²) in [5.74, 6) is 0. The van der Waals surface area contributed by atoms with E-state index in [-0.39, 0.29) is 0 Å². The molecule has 0 radical (unpaired) electrons. The first kappa shape index (κ1) is 49.8. The van der Waals surface area contributed by atoms with Gasteiger partial charge in [0.25, 0.3) is 0 Å². The molecule has 0 aliphatic rings. The van der Waals surface area contributed by atoms with Gasteiger partial charge in [0.2, 0.25) is 0 Å². The number of hydrogen-bond acceptors (Lipinski definition) is 2. The van der Waals surface area contributed by atoms with Crippen molar-refractivity contribution in [1.29, 1.82) is 0 Å². The van der Waals surface area contributed by atoms with Crippen LogP contribution in [0.4, 0.5) is 0 Å². The Morgan fingerprint density at radius 3 is 1.11 bits per heavy atom. The zero-order valence-corrected chi connectivity index (χ0v) is 50.1. The number of para-hydroxylation sites is 5. The summed E-state index contributed by atoms with van der Waals surface area (Å²) in [5.41, 5.74) is 21.5. The minimum absolute atomic E-state index is 1.14. The van der Waals surface area contributed by atoms with Crippen molar-refractivity contribution in [2.75, 3.05) is 0 Å². The molecule has 6 heterocycles. The third-order valence-electron chi connectivity index (χ3n) is 19.2. The van der Waals surface area contributed by atoms with Crippen LogP contribution in [0.2, 0.25) is 0 Å². The fourth-order valence-corrected chi connectivity index (χ4v) is 17.4. The Balaban J connectivity index is 0.636. The van der Waals surface area contributed by atoms with E-state index >= 15 is 0 Å². The summed E-state index contributed by atoms with van der Waals surface area (Å²) in [6.45, 7) is 0. The van der Waals surface area contributed by atoms with E-state index in [1.165, 1.54) is 178 Å². The van der Waals surface area contributed by atoms with E-state index in [0.717, 1.165) is 5.69 Å². The van der Waals surface area contributed by atoms with Crippen LogP contribution >= 0.6 is 22.7 Å². The van der Waals surface area contributed by atoms with Gasteiger partial charge in [-0.1, -0.05) is 170 Å². The Hall–Kier alpha value is -11.3. The highest BCUT2D eigenvalue weighted by Gasteiger charge is 2.21. The molecule has 0 atom stereocenters. The molecule has 0 aliphatic heterocycles. The molecular formula is C84H50N4S2. The Labute approximate surface area is 524 Å². The fourth-order valence-electron chi connectivity index (χ4n) is 15.1. The third kappa shape index (κ3) is 7.29. The van der Waals surface area contributed by atoms with Gasteiger partial charge in [0, 0.05) is 95.8 Å². The highest BCUT2D eigenvalue weighted by molar-refractivity contribution is 7.26. The lowest BCUT2D eigenvalue weighted by Gasteiger charge is -2.10. The quantitative estimate of drug-likeness (QED) is 0.152. The van der Waals surface area contributed by atoms with Gasteiger partial charge in [0.1, 0.15) is 0 Å². The highest BCUT2D eigenvalue weighted by atomic mass is 32.1. The van der Waals surface area contributed by atoms with Crippen molar-refractivity contribution in [3.63, 3.8) is 0 Å². The van der Waals surface area contributed by atoms with Crippen molar-refractivity contribution < 1.29 is 0 Å². The Bertz CT molecular complexity index is 6400. The molecular weight excluding hydrogens is 1130 g/mol. The highest BCUT2D eigenvalue weighted by Crippen LogP contribution is 2.46. The van der Waals surface area contributed by atoms with Crippen LogP contribution in [0.5, 0.6) is 0 Å². The maximum atomic E-state index is 2.49. The number of fused-ring (bicyclic) bond motifs is 18. The lowest BCUT2D eigenvalue weighted by atomic mass is 10.0. The molecule has 0 unspecified atom stereocenters. The normalized spacial score (nSPS) is 12.2. The molecule has 6 heteroatoms. The molecule has 418 valence electrons. The average Bonchev–Trinajstić information content (AvgIpc) is 1.79. The second-order valence-corrected chi connectivity index (χ2v) is 26.1. The molecule has 14 aromatic carbocycles. The molecule has 0 N–H and O–H groups in total. The van der Waals surface area contributed by atoms with E-state index < -0.39 is 0 Å². The molecule has 0 saturated carbocycles. The zero-order valence-electron chi connectivity index (χ0n) is 48.5. The van der Waals surface area contributed by atoms with E-state index in [1.54, 1.807) is 0 Å². The first-order valence-electron chi connectivity index (χ1n) is 30.8. The topological polar surface area (TPSA) is 19.7 Å². The van der Waals surface area contributed by atoms with Crippen molar-refractivity contribution in [3.8, 4) is 56.1 Å². The Kier molecular flexibility index (Phi) is 10.6. The van der Waals surface area contributed by atoms with E-state index in [0.29, 0.717) is 0 Å². The summed E-state index contributed by atoms with van der Waals surface area (Å²) in [6, 6.07) is 113. The monoisotopic (exact) mass is 1180 g/mol. The van der Waals surface area contributed by atoms with Crippen LogP contribution < -0.4 is 0 Å². The van der Waals surface area contributed by atoms with Gasteiger partial charge in [-0.25, -0.2) is 0 Å². The number of nitrogens with zero attached hydrogens (tertiary/aromatic N) is 4. The minimum Gasteiger partial charge on any atom is -0.309 e. The van der Waals surface area contributed by atoms with Gasteiger partial charge in [-0.15, -0.1) is 22.7 Å². The van der Waals surface area contributed by atoms with Crippen LogP contribution in [-0.2, 0) is 0 Å². The SMILES string of the molecule is c1ccc(-n2c3ccccc3c3cc(-c4ccc5c(c4)c4ccccc4n5-c4cccc5c4sc4cc(-c6ccc(-n7c8ccccc8c8cc(-c9ccc%10c(c9)c9ccccc9n%10-c9ccc%10sc%11ccccc%11c%10c9)ccc87)cc6)ccc45)ccc32)cc1. The van der Waals surface area contributed by atoms with Crippen LogP contribution in [-0.4, -0.2) is 18.3 Å². The molecule has 20 aromatic rings. The average molecular weight is 1180 g/mol. The van der Waals surface area contributed by atoms with Crippen LogP contribution in [0.1, 0.15) is 0 Å². The summed E-state index contributed by atoms with van der Waals surface area (Å²) < 4.78 is 14.9. The van der Waals surface area contributed by atoms with E-state index in [2.05, 4.69) is 322 Å². The number of rotatable bonds is 7. The smallest absolute Gasteiger partial charge is 0.0640 e. The minimum atomic E-state index is 1.14. The van der Waals surface area contributed by atoms with Gasteiger partial charge >= 0.3 is 0 Å². The van der Waals surface area contributed by atoms with Gasteiger partial charge in [0.05, 0.1) is 54.5 Å². The third-order valence-corrected chi connectivity index (χ3v) is 21.5. The maximum absolute atomic E-state index is 2.49. The summed E-state index contributed by atoms with van der Waals surface area (Å²) in [5, 5.41) is 15.2. The van der Waals surface area contributed by atoms with Crippen LogP contribution in [0, 0.1) is 0 Å². The summed E-state index contributed by atoms with van der Waals surface area (Å²) >= 11 is 3.76. The summed E-state index contributed by atoms with van der Waals surface area (Å²) in [4.78, 5) is 0. The molecule has 0 fully saturated rings. The molecule has 0 amide bonds. The summed E-state index contributed by atoms with van der Waals surface area (Å²) in [6.07, 6.45) is 0. The standard InChI is InChI=1S/C84H50N4S2/c1-2-15-57(16-3-1)85-72-23-9-4-17-60(72)67-45-53(32-40-76(67)85)55-35-43-79-70(48-55)63-20-7-12-26-75(63)88(79)80-27-14-22-66-65-39-31-56(49-83(65)90-84(66)80)51-29-36-58(37-30-51)86-73-24-10-5-18-61(73)68-46-52(33-41-77(68)86)54-34-42-78-69(47-54)62-19-6-11-25-74(62)87(78)59-38-44-82-71(50-59)64-21-8-13-28-81(64)89-82/h1-50H. The van der Waals surface area contributed by atoms with Crippen LogP contribution in [0.15, 0.2) is 303 Å². The Morgan fingerprint density at radius 2 is 0.556 bits per heavy atom. The van der Waals surface area contributed by atoms with Gasteiger partial charge in [-0.2, -0.15) is 0 Å². The molecule has 0 saturated heterocycles. The fraction of sp³-hybridized carbons (Fsp3) is 0. The first-order chi connectivity index (χ1) is 44.6. The molecule has 0 bridgehead atoms. The number of thiophene rings is 2. The van der Waals surface area contributed by atoms with Gasteiger partial charge in [-0.05, 0) is 167 Å². The van der Waals surface area contributed by atoms with Crippen LogP contribution in [0.3, 0.4) is 0 Å². The number of benzene rings is 14. The second-order valence-electron chi connectivity index (χ2n) is 24.0. The van der Waals surface area contributed by atoms with E-state index in [9.17, 15) is 0 Å². The first-order valence-corrected chi connectivity index (χ1v) is 32.4. The molecule has 20 rings (SSSR count). The number of hydrogen-bond donors (Lipinski definition) is 0. The molecule has 90 heavy (non-hydrogen) atoms. The summed E-state index contributed by atoms with van der Waals surface area (Å²) in [7, 11) is 0. The molecule has 6 aromatic heterocycles. The molecule has 0 aliphatic carbocycles. The van der Waals surface area contributed by atoms with Crippen molar-refractivity contribution in [1.82, 2.24) is 18.3 Å². The van der Waals surface area contributed by atoms with Gasteiger partial charge in [0.15, 0.2) is 0 Å². The van der Waals surface area contributed by atoms with Gasteiger partial charge < -0.3 is 18.3 Å². The zero-order chi connectivity index (χ0) is 58.7. The van der Waals surface area contributed by atoms with E-state index in [1.807, 2.05) is 22.7 Å². The van der Waals surface area contributed by atoms with Crippen molar-refractivity contribution in [2.24, 2.45) is 0 Å². The number of aromatic nitrogens is 4. The second kappa shape index (κ2) is 19.1. The van der Waals surface area contributed by atoms with Crippen LogP contribution in [0.25, 0.3) is 184 Å². The van der Waals surface area contributed by atoms with Crippen molar-refractivity contribution >= 4 is 150 Å². The molecule has 4 nitrogen and oxygen atoms in total. The predicted molar refractivity (Wildman–Crippen MR) is 386 cm³/mol. The molecule has 0 spiro atoms. The lowest BCUT2D eigenvalue weighted by molar-refractivity contribution is 1.18. The largest absolute Gasteiger partial charge is 0.309 e. The van der Waals surface area contributed by atoms with Crippen molar-refractivity contribution in [3.05, 3.63) is 303 Å². The predicted octanol–water partition coefficient (Wildman–Crippen LogP) is 23.8. The Morgan fingerprint density at radius 1 is 0.178 bits per heavy atom. The van der Waals surface area contributed by atoms with E-state index in [4.69, 9.17) is 0 Å². The van der Waals surface area contributed by atoms with Crippen molar-refractivity contribution in [2.45, 2.75) is 0 Å². The lowest BCUT2D eigenvalue weighted by Crippen LogP contribution is -1.94.